The van der Waals surface area contributed by atoms with E-state index in [9.17, 15) is 13.2 Å². The molecule has 0 aliphatic rings. The van der Waals surface area contributed by atoms with Gasteiger partial charge in [0.15, 0.2) is 5.03 Å². The van der Waals surface area contributed by atoms with Crippen LogP contribution in [0.15, 0.2) is 11.2 Å². The number of carboxylic acid groups (broad SMARTS) is 1. The molecule has 0 bridgehead atoms. The van der Waals surface area contributed by atoms with E-state index >= 15 is 0 Å². The first-order valence-corrected chi connectivity index (χ1v) is 8.08. The molecule has 2 N–H and O–H groups in total. The van der Waals surface area contributed by atoms with E-state index in [-0.39, 0.29) is 18.1 Å². The lowest BCUT2D eigenvalue weighted by Gasteiger charge is -2.13. The summed E-state index contributed by atoms with van der Waals surface area (Å²) >= 11 is 0. The molecule has 0 aliphatic heterocycles. The predicted octanol–water partition coefficient (Wildman–Crippen LogP) is 0.370. The Morgan fingerprint density at radius 2 is 2.24 bits per heavy atom. The van der Waals surface area contributed by atoms with Gasteiger partial charge in [0.25, 0.3) is 10.0 Å². The van der Waals surface area contributed by atoms with Crippen LogP contribution < -0.4 is 4.72 Å². The minimum atomic E-state index is -3.97. The van der Waals surface area contributed by atoms with Gasteiger partial charge in [0.2, 0.25) is 0 Å². The number of carboxylic acids is 1. The third-order valence-corrected chi connectivity index (χ3v) is 4.24. The number of nitrogens with zero attached hydrogens (tertiary/aromatic N) is 2. The molecule has 0 saturated heterocycles. The fourth-order valence-electron chi connectivity index (χ4n) is 1.79. The zero-order chi connectivity index (χ0) is 16.0. The summed E-state index contributed by atoms with van der Waals surface area (Å²) in [7, 11) is -2.55. The van der Waals surface area contributed by atoms with E-state index in [1.165, 1.54) is 13.3 Å². The Balaban J connectivity index is 2.93. The Kier molecular flexibility index (Phi) is 6.31. The molecule has 21 heavy (non-hydrogen) atoms. The third-order valence-electron chi connectivity index (χ3n) is 2.90. The zero-order valence-corrected chi connectivity index (χ0v) is 13.2. The number of aryl methyl sites for hydroxylation is 2. The average Bonchev–Trinajstić information content (AvgIpc) is 2.77. The lowest BCUT2D eigenvalue weighted by atomic mass is 10.2. The summed E-state index contributed by atoms with van der Waals surface area (Å²) in [5.74, 6) is -0.679. The second-order valence-corrected chi connectivity index (χ2v) is 6.27. The van der Waals surface area contributed by atoms with Crippen LogP contribution in [0.3, 0.4) is 0 Å². The van der Waals surface area contributed by atoms with Crippen LogP contribution in [-0.4, -0.2) is 48.8 Å². The average molecular weight is 319 g/mol. The van der Waals surface area contributed by atoms with Crippen molar-refractivity contribution in [2.45, 2.75) is 44.3 Å². The summed E-state index contributed by atoms with van der Waals surface area (Å²) in [6.07, 6.45) is 2.30. The van der Waals surface area contributed by atoms with E-state index in [2.05, 4.69) is 9.71 Å². The molecular formula is C12H21N3O5S. The minimum absolute atomic E-state index is 0.0414. The van der Waals surface area contributed by atoms with Crippen LogP contribution in [0.5, 0.6) is 0 Å². The van der Waals surface area contributed by atoms with Gasteiger partial charge in [-0.2, -0.15) is 4.72 Å². The quantitative estimate of drug-likeness (QED) is 0.680. The van der Waals surface area contributed by atoms with E-state index < -0.39 is 22.0 Å². The monoisotopic (exact) mass is 319 g/mol. The normalized spacial score (nSPS) is 13.3. The van der Waals surface area contributed by atoms with Crippen molar-refractivity contribution >= 4 is 16.0 Å². The number of methoxy groups -OCH3 is 1. The van der Waals surface area contributed by atoms with Crippen LogP contribution in [0.4, 0.5) is 0 Å². The lowest BCUT2D eigenvalue weighted by molar-refractivity contribution is -0.139. The van der Waals surface area contributed by atoms with Crippen molar-refractivity contribution in [1.29, 1.82) is 0 Å². The van der Waals surface area contributed by atoms with Gasteiger partial charge >= 0.3 is 5.97 Å². The maximum Gasteiger partial charge on any atom is 0.321 e. The summed E-state index contributed by atoms with van der Waals surface area (Å²) in [6, 6.07) is -1.24. The highest BCUT2D eigenvalue weighted by atomic mass is 32.2. The standard InChI is InChI=1S/C12H21N3O5S/c1-4-6-15-8-11(13-9(15)2)21(18,19)14-10(12(16)17)5-7-20-3/h8,10,14H,4-7H2,1-3H3,(H,16,17). The maximum absolute atomic E-state index is 12.2. The molecule has 0 radical (unpaired) electrons. The van der Waals surface area contributed by atoms with Crippen molar-refractivity contribution in [3.8, 4) is 0 Å². The molecule has 1 aromatic heterocycles. The molecule has 8 nitrogen and oxygen atoms in total. The van der Waals surface area contributed by atoms with Gasteiger partial charge in [0.1, 0.15) is 11.9 Å². The number of aromatic nitrogens is 2. The Hall–Kier alpha value is -1.45. The molecule has 9 heteroatoms. The lowest BCUT2D eigenvalue weighted by Crippen LogP contribution is -2.41. The van der Waals surface area contributed by atoms with Crippen molar-refractivity contribution < 1.29 is 23.1 Å². The maximum atomic E-state index is 12.2. The molecule has 0 aliphatic carbocycles. The first kappa shape index (κ1) is 17.6. The van der Waals surface area contributed by atoms with Crippen molar-refractivity contribution in [2.75, 3.05) is 13.7 Å². The molecule has 120 valence electrons. The Labute approximate surface area is 124 Å². The molecule has 0 saturated carbocycles. The number of hydrogen-bond donors (Lipinski definition) is 2. The number of carbonyl (C=O) groups is 1. The number of sulfonamides is 1. The Morgan fingerprint density at radius 3 is 2.76 bits per heavy atom. The number of aliphatic carboxylic acids is 1. The molecule has 1 rings (SSSR count). The second-order valence-electron chi connectivity index (χ2n) is 4.61. The largest absolute Gasteiger partial charge is 0.480 e. The first-order chi connectivity index (χ1) is 9.81. The van der Waals surface area contributed by atoms with E-state index in [1.807, 2.05) is 6.92 Å². The van der Waals surface area contributed by atoms with Crippen molar-refractivity contribution in [3.63, 3.8) is 0 Å². The van der Waals surface area contributed by atoms with Gasteiger partial charge in [-0.15, -0.1) is 0 Å². The highest BCUT2D eigenvalue weighted by molar-refractivity contribution is 7.89. The van der Waals surface area contributed by atoms with Crippen molar-refractivity contribution in [1.82, 2.24) is 14.3 Å². The molecule has 0 amide bonds. The van der Waals surface area contributed by atoms with Crippen LogP contribution in [0.1, 0.15) is 25.6 Å². The van der Waals surface area contributed by atoms with Crippen LogP contribution in [0.2, 0.25) is 0 Å². The Bertz CT molecular complexity index is 582. The fourth-order valence-corrected chi connectivity index (χ4v) is 3.02. The van der Waals surface area contributed by atoms with Gasteiger partial charge in [-0.25, -0.2) is 13.4 Å². The van der Waals surface area contributed by atoms with E-state index in [0.717, 1.165) is 6.42 Å². The van der Waals surface area contributed by atoms with Gasteiger partial charge in [0, 0.05) is 26.5 Å². The second kappa shape index (κ2) is 7.53. The summed E-state index contributed by atoms with van der Waals surface area (Å²) in [6.45, 7) is 4.47. The number of ether oxygens (including phenoxy) is 1. The number of hydrogen-bond acceptors (Lipinski definition) is 5. The van der Waals surface area contributed by atoms with E-state index in [0.29, 0.717) is 12.4 Å². The SMILES string of the molecule is CCCn1cc(S(=O)(=O)NC(CCOC)C(=O)O)nc1C. The summed E-state index contributed by atoms with van der Waals surface area (Å²) in [5, 5.41) is 8.88. The van der Waals surface area contributed by atoms with Crippen molar-refractivity contribution in [2.24, 2.45) is 0 Å². The van der Waals surface area contributed by atoms with Crippen LogP contribution in [-0.2, 0) is 26.1 Å². The highest BCUT2D eigenvalue weighted by Gasteiger charge is 2.27. The van der Waals surface area contributed by atoms with Crippen LogP contribution in [0.25, 0.3) is 0 Å². The molecule has 1 unspecified atom stereocenters. The molecular weight excluding hydrogens is 298 g/mol. The molecule has 0 aromatic carbocycles. The smallest absolute Gasteiger partial charge is 0.321 e. The van der Waals surface area contributed by atoms with Gasteiger partial charge in [0.05, 0.1) is 0 Å². The van der Waals surface area contributed by atoms with Crippen molar-refractivity contribution in [3.05, 3.63) is 12.0 Å². The van der Waals surface area contributed by atoms with Crippen LogP contribution in [0, 0.1) is 6.92 Å². The number of nitrogens with one attached hydrogen (secondary N) is 1. The fraction of sp³-hybridized carbons (Fsp3) is 0.667. The molecule has 1 heterocycles. The topological polar surface area (TPSA) is 111 Å². The van der Waals surface area contributed by atoms with Gasteiger partial charge < -0.3 is 14.4 Å². The van der Waals surface area contributed by atoms with Gasteiger partial charge in [-0.1, -0.05) is 6.92 Å². The zero-order valence-electron chi connectivity index (χ0n) is 12.4. The molecule has 1 atom stereocenters. The third kappa shape index (κ3) is 4.80. The number of imidazole rings is 1. The van der Waals surface area contributed by atoms with E-state index in [1.54, 1.807) is 11.5 Å². The summed E-state index contributed by atoms with van der Waals surface area (Å²) in [5.41, 5.74) is 0. The summed E-state index contributed by atoms with van der Waals surface area (Å²) in [4.78, 5) is 15.1. The molecule has 0 fully saturated rings. The minimum Gasteiger partial charge on any atom is -0.480 e. The first-order valence-electron chi connectivity index (χ1n) is 6.59. The number of rotatable bonds is 9. The highest BCUT2D eigenvalue weighted by Crippen LogP contribution is 2.11. The molecule has 1 aromatic rings. The Morgan fingerprint density at radius 1 is 1.57 bits per heavy atom. The summed E-state index contributed by atoms with van der Waals surface area (Å²) < 4.78 is 33.0. The molecule has 0 spiro atoms. The van der Waals surface area contributed by atoms with Gasteiger partial charge in [-0.05, 0) is 19.8 Å². The van der Waals surface area contributed by atoms with Gasteiger partial charge in [-0.3, -0.25) is 4.79 Å². The van der Waals surface area contributed by atoms with E-state index in [4.69, 9.17) is 9.84 Å². The van der Waals surface area contributed by atoms with Crippen LogP contribution >= 0.6 is 0 Å². The predicted molar refractivity (Wildman–Crippen MR) is 75.5 cm³/mol.